The van der Waals surface area contributed by atoms with Gasteiger partial charge < -0.3 is 20.1 Å². The number of hydrogen-bond acceptors (Lipinski definition) is 5. The van der Waals surface area contributed by atoms with Gasteiger partial charge in [-0.2, -0.15) is 0 Å². The van der Waals surface area contributed by atoms with Crippen molar-refractivity contribution in [1.82, 2.24) is 9.80 Å². The number of carbonyl (C=O) groups is 2. The van der Waals surface area contributed by atoms with Crippen molar-refractivity contribution in [3.05, 3.63) is 90.0 Å². The van der Waals surface area contributed by atoms with Crippen molar-refractivity contribution in [1.29, 1.82) is 0 Å². The minimum Gasteiger partial charge on any atom is -0.478 e. The van der Waals surface area contributed by atoms with Gasteiger partial charge in [-0.3, -0.25) is 9.69 Å². The predicted molar refractivity (Wildman–Crippen MR) is 136 cm³/mol. The molecule has 182 valence electrons. The molecule has 2 N–H and O–H groups in total. The van der Waals surface area contributed by atoms with Crippen LogP contribution in [-0.2, 0) is 11.3 Å². The number of carboxylic acids is 1. The smallest absolute Gasteiger partial charge is 0.336 e. The Bertz CT molecular complexity index is 1130. The van der Waals surface area contributed by atoms with Gasteiger partial charge in [0.05, 0.1) is 12.1 Å². The number of anilines is 1. The summed E-state index contributed by atoms with van der Waals surface area (Å²) in [7, 11) is 1.99. The van der Waals surface area contributed by atoms with Crippen LogP contribution in [0.3, 0.4) is 0 Å². The van der Waals surface area contributed by atoms with E-state index in [1.54, 1.807) is 12.1 Å². The molecule has 1 atom stereocenters. The molecule has 1 aliphatic heterocycles. The van der Waals surface area contributed by atoms with E-state index in [2.05, 4.69) is 15.1 Å². The van der Waals surface area contributed by atoms with Gasteiger partial charge in [-0.15, -0.1) is 0 Å². The van der Waals surface area contributed by atoms with Crippen LogP contribution in [0.4, 0.5) is 5.69 Å². The lowest BCUT2D eigenvalue weighted by Crippen LogP contribution is -2.42. The molecule has 0 aromatic heterocycles. The second-order valence-electron chi connectivity index (χ2n) is 8.91. The molecular formula is C28H31N3O4. The standard InChI is InChI=1S/C28H31N3O4/c1-30(18-21-8-5-6-12-26(21)28(33)34)19-23-9-7-17-31(23)20-27(32)29-22-13-15-25(16-14-22)35-24-10-3-2-4-11-24/h2-6,8,10-16,23H,7,9,17-20H2,1H3,(H,29,32)(H,33,34)/t23-/m1/s1. The predicted octanol–water partition coefficient (Wildman–Crippen LogP) is 4.71. The topological polar surface area (TPSA) is 82.1 Å². The maximum Gasteiger partial charge on any atom is 0.336 e. The van der Waals surface area contributed by atoms with Crippen LogP contribution in [0.5, 0.6) is 11.5 Å². The number of carbonyl (C=O) groups excluding carboxylic acids is 1. The summed E-state index contributed by atoms with van der Waals surface area (Å²) in [4.78, 5) is 28.6. The van der Waals surface area contributed by atoms with Gasteiger partial charge in [0.25, 0.3) is 0 Å². The van der Waals surface area contributed by atoms with Crippen LogP contribution in [0.2, 0.25) is 0 Å². The summed E-state index contributed by atoms with van der Waals surface area (Å²) in [5.41, 5.74) is 1.86. The molecule has 0 saturated carbocycles. The first-order valence-corrected chi connectivity index (χ1v) is 11.8. The van der Waals surface area contributed by atoms with E-state index in [0.717, 1.165) is 42.9 Å². The lowest BCUT2D eigenvalue weighted by atomic mass is 10.1. The number of likely N-dealkylation sites (N-methyl/N-ethyl adjacent to an activating group) is 1. The molecule has 1 aliphatic rings. The minimum absolute atomic E-state index is 0.0486. The molecule has 0 radical (unpaired) electrons. The zero-order chi connectivity index (χ0) is 24.6. The van der Waals surface area contributed by atoms with Gasteiger partial charge in [0, 0.05) is 24.8 Å². The maximum atomic E-state index is 12.7. The van der Waals surface area contributed by atoms with Crippen LogP contribution >= 0.6 is 0 Å². The molecular weight excluding hydrogens is 442 g/mol. The molecule has 1 fully saturated rings. The van der Waals surface area contributed by atoms with E-state index in [9.17, 15) is 14.7 Å². The number of hydrogen-bond donors (Lipinski definition) is 2. The Hall–Kier alpha value is -3.68. The van der Waals surface area contributed by atoms with Gasteiger partial charge in [0.1, 0.15) is 11.5 Å². The molecule has 1 amide bonds. The Balaban J connectivity index is 1.28. The van der Waals surface area contributed by atoms with Crippen molar-refractivity contribution in [3.8, 4) is 11.5 Å². The monoisotopic (exact) mass is 473 g/mol. The van der Waals surface area contributed by atoms with Crippen molar-refractivity contribution < 1.29 is 19.4 Å². The summed E-state index contributed by atoms with van der Waals surface area (Å²) >= 11 is 0. The first kappa shape index (κ1) is 24.4. The highest BCUT2D eigenvalue weighted by Gasteiger charge is 2.27. The van der Waals surface area contributed by atoms with E-state index in [1.807, 2.05) is 73.8 Å². The highest BCUT2D eigenvalue weighted by atomic mass is 16.5. The van der Waals surface area contributed by atoms with Crippen molar-refractivity contribution in [2.45, 2.75) is 25.4 Å². The third-order valence-electron chi connectivity index (χ3n) is 6.17. The van der Waals surface area contributed by atoms with Crippen molar-refractivity contribution in [2.24, 2.45) is 0 Å². The molecule has 1 saturated heterocycles. The van der Waals surface area contributed by atoms with E-state index in [1.165, 1.54) is 0 Å². The average molecular weight is 474 g/mol. The molecule has 4 rings (SSSR count). The average Bonchev–Trinajstić information content (AvgIpc) is 3.27. The van der Waals surface area contributed by atoms with Crippen LogP contribution in [0.25, 0.3) is 0 Å². The molecule has 0 spiro atoms. The number of carboxylic acid groups (broad SMARTS) is 1. The molecule has 7 nitrogen and oxygen atoms in total. The highest BCUT2D eigenvalue weighted by Crippen LogP contribution is 2.23. The molecule has 3 aromatic carbocycles. The van der Waals surface area contributed by atoms with E-state index >= 15 is 0 Å². The number of amides is 1. The van der Waals surface area contributed by atoms with Gasteiger partial charge in [0.2, 0.25) is 5.91 Å². The molecule has 1 heterocycles. The fourth-order valence-electron chi connectivity index (χ4n) is 4.51. The maximum absolute atomic E-state index is 12.7. The number of aromatic carboxylic acids is 1. The Morgan fingerprint density at radius 3 is 2.43 bits per heavy atom. The van der Waals surface area contributed by atoms with Gasteiger partial charge in [-0.1, -0.05) is 36.4 Å². The van der Waals surface area contributed by atoms with Crippen molar-refractivity contribution in [2.75, 3.05) is 32.0 Å². The van der Waals surface area contributed by atoms with Crippen LogP contribution < -0.4 is 10.1 Å². The minimum atomic E-state index is -0.909. The van der Waals surface area contributed by atoms with Crippen molar-refractivity contribution >= 4 is 17.6 Å². The van der Waals surface area contributed by atoms with Crippen LogP contribution in [-0.4, -0.2) is 59.5 Å². The zero-order valence-corrected chi connectivity index (χ0v) is 19.9. The largest absolute Gasteiger partial charge is 0.478 e. The first-order valence-electron chi connectivity index (χ1n) is 11.8. The van der Waals surface area contributed by atoms with E-state index < -0.39 is 5.97 Å². The molecule has 0 unspecified atom stereocenters. The second kappa shape index (κ2) is 11.6. The highest BCUT2D eigenvalue weighted by molar-refractivity contribution is 5.92. The molecule has 35 heavy (non-hydrogen) atoms. The number of benzene rings is 3. The van der Waals surface area contributed by atoms with Crippen LogP contribution in [0.1, 0.15) is 28.8 Å². The van der Waals surface area contributed by atoms with Gasteiger partial charge in [-0.05, 0) is 74.5 Å². The number of nitrogens with one attached hydrogen (secondary N) is 1. The fourth-order valence-corrected chi connectivity index (χ4v) is 4.51. The third-order valence-corrected chi connectivity index (χ3v) is 6.17. The quantitative estimate of drug-likeness (QED) is 0.444. The van der Waals surface area contributed by atoms with Gasteiger partial charge in [-0.25, -0.2) is 4.79 Å². The second-order valence-corrected chi connectivity index (χ2v) is 8.91. The van der Waals surface area contributed by atoms with Crippen LogP contribution in [0.15, 0.2) is 78.9 Å². The number of rotatable bonds is 10. The Labute approximate surface area is 205 Å². The SMILES string of the molecule is CN(Cc1ccccc1C(=O)O)C[C@H]1CCCN1CC(=O)Nc1ccc(Oc2ccccc2)cc1. The van der Waals surface area contributed by atoms with Gasteiger partial charge in [0.15, 0.2) is 0 Å². The normalized spacial score (nSPS) is 15.8. The van der Waals surface area contributed by atoms with Gasteiger partial charge >= 0.3 is 5.97 Å². The van der Waals surface area contributed by atoms with E-state index in [-0.39, 0.29) is 11.9 Å². The molecule has 3 aromatic rings. The summed E-state index contributed by atoms with van der Waals surface area (Å²) in [5.74, 6) is 0.516. The Kier molecular flexibility index (Phi) is 8.13. The number of nitrogens with zero attached hydrogens (tertiary/aromatic N) is 2. The summed E-state index contributed by atoms with van der Waals surface area (Å²) in [6, 6.07) is 24.3. The first-order chi connectivity index (χ1) is 17.0. The molecule has 0 aliphatic carbocycles. The number of ether oxygens (including phenoxy) is 1. The Morgan fingerprint density at radius 2 is 1.69 bits per heavy atom. The molecule has 0 bridgehead atoms. The summed E-state index contributed by atoms with van der Waals surface area (Å²) in [6.45, 7) is 2.52. The zero-order valence-electron chi connectivity index (χ0n) is 19.9. The summed E-state index contributed by atoms with van der Waals surface area (Å²) in [5, 5.41) is 12.4. The number of para-hydroxylation sites is 1. The number of likely N-dealkylation sites (tertiary alicyclic amines) is 1. The van der Waals surface area contributed by atoms with Crippen LogP contribution in [0, 0.1) is 0 Å². The lowest BCUT2D eigenvalue weighted by molar-refractivity contribution is -0.117. The summed E-state index contributed by atoms with van der Waals surface area (Å²) < 4.78 is 5.80. The van der Waals surface area contributed by atoms with E-state index in [0.29, 0.717) is 24.4 Å². The summed E-state index contributed by atoms with van der Waals surface area (Å²) in [6.07, 6.45) is 2.06. The fraction of sp³-hybridized carbons (Fsp3) is 0.286. The molecule has 7 heteroatoms. The van der Waals surface area contributed by atoms with Crippen molar-refractivity contribution in [3.63, 3.8) is 0 Å². The Morgan fingerprint density at radius 1 is 1.00 bits per heavy atom. The van der Waals surface area contributed by atoms with E-state index in [4.69, 9.17) is 4.74 Å². The lowest BCUT2D eigenvalue weighted by Gasteiger charge is -2.28. The third kappa shape index (κ3) is 6.91.